The fourth-order valence-corrected chi connectivity index (χ4v) is 1.68. The van der Waals surface area contributed by atoms with Crippen LogP contribution in [0.4, 0.5) is 13.2 Å². The number of carbonyl (C=O) groups is 1. The first-order chi connectivity index (χ1) is 10.2. The van der Waals surface area contributed by atoms with Crippen LogP contribution in [0, 0.1) is 0 Å². The average Bonchev–Trinajstić information content (AvgIpc) is 2.86. The fourth-order valence-electron chi connectivity index (χ4n) is 1.68. The number of oxazole rings is 1. The van der Waals surface area contributed by atoms with Crippen molar-refractivity contribution in [3.63, 3.8) is 0 Å². The second-order valence-electron chi connectivity index (χ2n) is 4.85. The van der Waals surface area contributed by atoms with Gasteiger partial charge in [0.05, 0.1) is 5.56 Å². The van der Waals surface area contributed by atoms with Crippen LogP contribution in [0.1, 0.15) is 41.4 Å². The molecule has 0 amide bonds. The molecule has 2 aromatic rings. The van der Waals surface area contributed by atoms with E-state index in [1.807, 2.05) is 0 Å². The van der Waals surface area contributed by atoms with Crippen LogP contribution in [0.15, 0.2) is 28.9 Å². The SMILES string of the molecule is CC(C)c1cc(Oc2nc(C(=O)O)co2)cc(C(F)(F)F)c1. The number of carboxylic acid groups (broad SMARTS) is 1. The Morgan fingerprint density at radius 2 is 2.00 bits per heavy atom. The van der Waals surface area contributed by atoms with Gasteiger partial charge in [-0.1, -0.05) is 13.8 Å². The van der Waals surface area contributed by atoms with Crippen molar-refractivity contribution < 1.29 is 32.2 Å². The first-order valence-corrected chi connectivity index (χ1v) is 6.25. The minimum atomic E-state index is -4.52. The van der Waals surface area contributed by atoms with Crippen LogP contribution in [0.25, 0.3) is 0 Å². The molecule has 0 saturated heterocycles. The van der Waals surface area contributed by atoms with Crippen molar-refractivity contribution in [1.29, 1.82) is 0 Å². The third-order valence-electron chi connectivity index (χ3n) is 2.83. The zero-order chi connectivity index (χ0) is 16.5. The lowest BCUT2D eigenvalue weighted by Gasteiger charge is -2.13. The summed E-state index contributed by atoms with van der Waals surface area (Å²) in [5.74, 6) is -1.60. The molecule has 0 fully saturated rings. The van der Waals surface area contributed by atoms with E-state index in [0.717, 1.165) is 18.4 Å². The van der Waals surface area contributed by atoms with E-state index >= 15 is 0 Å². The van der Waals surface area contributed by atoms with Crippen molar-refractivity contribution in [2.24, 2.45) is 0 Å². The normalized spacial score (nSPS) is 11.7. The molecule has 1 aromatic heterocycles. The van der Waals surface area contributed by atoms with E-state index in [1.54, 1.807) is 13.8 Å². The number of halogens is 3. The van der Waals surface area contributed by atoms with Crippen molar-refractivity contribution in [3.8, 4) is 11.8 Å². The molecular weight excluding hydrogens is 303 g/mol. The lowest BCUT2D eigenvalue weighted by atomic mass is 10.00. The van der Waals surface area contributed by atoms with Gasteiger partial charge in [0.2, 0.25) is 0 Å². The number of alkyl halides is 3. The molecule has 0 aliphatic heterocycles. The number of carboxylic acids is 1. The molecular formula is C14H12F3NO4. The Kier molecular flexibility index (Phi) is 4.11. The molecule has 0 radical (unpaired) electrons. The number of ether oxygens (including phenoxy) is 1. The smallest absolute Gasteiger partial charge is 0.416 e. The van der Waals surface area contributed by atoms with Gasteiger partial charge in [0.15, 0.2) is 5.69 Å². The van der Waals surface area contributed by atoms with Gasteiger partial charge in [0.25, 0.3) is 0 Å². The second kappa shape index (κ2) is 5.70. The summed E-state index contributed by atoms with van der Waals surface area (Å²) in [5.41, 5.74) is -0.834. The number of hydrogen-bond donors (Lipinski definition) is 1. The van der Waals surface area contributed by atoms with Gasteiger partial charge in [0.1, 0.15) is 12.0 Å². The maximum atomic E-state index is 12.9. The Morgan fingerprint density at radius 1 is 1.32 bits per heavy atom. The highest BCUT2D eigenvalue weighted by molar-refractivity contribution is 5.84. The molecule has 0 unspecified atom stereocenters. The monoisotopic (exact) mass is 315 g/mol. The Bertz CT molecular complexity index is 692. The highest BCUT2D eigenvalue weighted by Gasteiger charge is 2.32. The van der Waals surface area contributed by atoms with E-state index in [9.17, 15) is 18.0 Å². The highest BCUT2D eigenvalue weighted by atomic mass is 19.4. The summed E-state index contributed by atoms with van der Waals surface area (Å²) in [4.78, 5) is 14.2. The predicted octanol–water partition coefficient (Wildman–Crippen LogP) is 4.31. The summed E-state index contributed by atoms with van der Waals surface area (Å²) in [5, 5.41) is 8.71. The zero-order valence-electron chi connectivity index (χ0n) is 11.6. The van der Waals surface area contributed by atoms with Crippen molar-refractivity contribution in [1.82, 2.24) is 4.98 Å². The summed E-state index contributed by atoms with van der Waals surface area (Å²) in [7, 11) is 0. The standard InChI is InChI=1S/C14H12F3NO4/c1-7(2)8-3-9(14(15,16)17)5-10(4-8)22-13-18-11(6-21-13)12(19)20/h3-7H,1-2H3,(H,19,20). The first kappa shape index (κ1) is 15.9. The average molecular weight is 315 g/mol. The maximum absolute atomic E-state index is 12.9. The molecule has 0 aliphatic carbocycles. The molecule has 1 heterocycles. The van der Waals surface area contributed by atoms with Gasteiger partial charge in [0, 0.05) is 0 Å². The second-order valence-corrected chi connectivity index (χ2v) is 4.85. The Labute approximate surface area is 123 Å². The van der Waals surface area contributed by atoms with Crippen LogP contribution in [0.3, 0.4) is 0 Å². The van der Waals surface area contributed by atoms with E-state index in [2.05, 4.69) is 4.98 Å². The van der Waals surface area contributed by atoms with E-state index < -0.39 is 29.5 Å². The summed E-state index contributed by atoms with van der Waals surface area (Å²) >= 11 is 0. The molecule has 0 spiro atoms. The maximum Gasteiger partial charge on any atom is 0.416 e. The van der Waals surface area contributed by atoms with Crippen LogP contribution in [-0.2, 0) is 6.18 Å². The highest BCUT2D eigenvalue weighted by Crippen LogP contribution is 2.35. The number of benzene rings is 1. The van der Waals surface area contributed by atoms with E-state index in [4.69, 9.17) is 14.3 Å². The van der Waals surface area contributed by atoms with Crippen LogP contribution in [0.2, 0.25) is 0 Å². The number of aromatic nitrogens is 1. The topological polar surface area (TPSA) is 72.6 Å². The zero-order valence-corrected chi connectivity index (χ0v) is 11.6. The van der Waals surface area contributed by atoms with Crippen molar-refractivity contribution in [3.05, 3.63) is 41.3 Å². The van der Waals surface area contributed by atoms with Crippen LogP contribution < -0.4 is 4.74 Å². The molecule has 0 saturated carbocycles. The van der Waals surface area contributed by atoms with Gasteiger partial charge >= 0.3 is 18.2 Å². The fraction of sp³-hybridized carbons (Fsp3) is 0.286. The molecule has 0 aliphatic rings. The van der Waals surface area contributed by atoms with Gasteiger partial charge < -0.3 is 14.3 Å². The molecule has 2 rings (SSSR count). The molecule has 8 heteroatoms. The molecule has 5 nitrogen and oxygen atoms in total. The Balaban J connectivity index is 2.36. The third kappa shape index (κ3) is 3.57. The van der Waals surface area contributed by atoms with Gasteiger partial charge in [-0.3, -0.25) is 0 Å². The third-order valence-corrected chi connectivity index (χ3v) is 2.83. The van der Waals surface area contributed by atoms with Crippen molar-refractivity contribution in [2.75, 3.05) is 0 Å². The van der Waals surface area contributed by atoms with Gasteiger partial charge in [-0.25, -0.2) is 4.79 Å². The first-order valence-electron chi connectivity index (χ1n) is 6.25. The van der Waals surface area contributed by atoms with E-state index in [-0.39, 0.29) is 11.7 Å². The largest absolute Gasteiger partial charge is 0.476 e. The minimum absolute atomic E-state index is 0.127. The Morgan fingerprint density at radius 3 is 2.50 bits per heavy atom. The number of hydrogen-bond acceptors (Lipinski definition) is 4. The van der Waals surface area contributed by atoms with Gasteiger partial charge in [-0.05, 0) is 29.7 Å². The Hall–Kier alpha value is -2.51. The van der Waals surface area contributed by atoms with Crippen LogP contribution in [-0.4, -0.2) is 16.1 Å². The summed E-state index contributed by atoms with van der Waals surface area (Å²) in [6.45, 7) is 3.49. The van der Waals surface area contributed by atoms with Crippen LogP contribution >= 0.6 is 0 Å². The number of aromatic carboxylic acids is 1. The number of nitrogens with zero attached hydrogens (tertiary/aromatic N) is 1. The molecule has 0 bridgehead atoms. The lowest BCUT2D eigenvalue weighted by Crippen LogP contribution is -2.06. The molecule has 1 aromatic carbocycles. The summed E-state index contributed by atoms with van der Waals surface area (Å²) in [6.07, 6.45) is -4.12. The van der Waals surface area contributed by atoms with Gasteiger partial charge in [-0.15, -0.1) is 0 Å². The molecule has 22 heavy (non-hydrogen) atoms. The van der Waals surface area contributed by atoms with Crippen molar-refractivity contribution in [2.45, 2.75) is 25.9 Å². The molecule has 118 valence electrons. The summed E-state index contributed by atoms with van der Waals surface area (Å²) in [6, 6.07) is 3.26. The van der Waals surface area contributed by atoms with Crippen LogP contribution in [0.5, 0.6) is 11.8 Å². The van der Waals surface area contributed by atoms with Gasteiger partial charge in [-0.2, -0.15) is 18.2 Å². The summed E-state index contributed by atoms with van der Waals surface area (Å²) < 4.78 is 48.5. The molecule has 0 atom stereocenters. The lowest BCUT2D eigenvalue weighted by molar-refractivity contribution is -0.137. The molecule has 1 N–H and O–H groups in total. The number of rotatable bonds is 4. The quantitative estimate of drug-likeness (QED) is 0.910. The predicted molar refractivity (Wildman–Crippen MR) is 69.1 cm³/mol. The van der Waals surface area contributed by atoms with E-state index in [0.29, 0.717) is 5.56 Å². The van der Waals surface area contributed by atoms with E-state index in [1.165, 1.54) is 6.07 Å². The minimum Gasteiger partial charge on any atom is -0.476 e. The van der Waals surface area contributed by atoms with Crippen molar-refractivity contribution >= 4 is 5.97 Å².